The fraction of sp³-hybridized carbons (Fsp3) is 0.312. The number of rotatable bonds is 3. The number of nitrogens with zero attached hydrogens (tertiary/aromatic N) is 3. The molecule has 3 aromatic rings. The van der Waals surface area contributed by atoms with Crippen LogP contribution in [0.4, 0.5) is 18.9 Å². The number of aromatic nitrogens is 1. The predicted molar refractivity (Wildman–Crippen MR) is 151 cm³/mol. The van der Waals surface area contributed by atoms with E-state index in [1.165, 1.54) is 19.1 Å². The summed E-state index contributed by atoms with van der Waals surface area (Å²) in [6, 6.07) is 19.5. The van der Waals surface area contributed by atoms with Gasteiger partial charge in [-0.3, -0.25) is 9.59 Å². The maximum Gasteiger partial charge on any atom is 0.398 e. The molecule has 1 saturated heterocycles. The molecule has 6 rings (SSSR count). The van der Waals surface area contributed by atoms with Gasteiger partial charge in [0, 0.05) is 43.1 Å². The Balaban J connectivity index is 1.37. The van der Waals surface area contributed by atoms with Crippen molar-refractivity contribution in [1.82, 2.24) is 14.8 Å². The van der Waals surface area contributed by atoms with Gasteiger partial charge in [-0.05, 0) is 48.2 Å². The van der Waals surface area contributed by atoms with Crippen molar-refractivity contribution in [2.24, 2.45) is 5.41 Å². The number of nitrogens with one attached hydrogen (secondary N) is 1. The van der Waals surface area contributed by atoms with Crippen molar-refractivity contribution in [3.8, 4) is 0 Å². The van der Waals surface area contributed by atoms with Crippen molar-refractivity contribution in [1.29, 1.82) is 0 Å². The molecule has 3 aliphatic rings. The van der Waals surface area contributed by atoms with Gasteiger partial charge in [0.1, 0.15) is 5.69 Å². The number of halogens is 3. The molecule has 212 valence electrons. The molecule has 0 radical (unpaired) electrons. The van der Waals surface area contributed by atoms with Crippen LogP contribution in [-0.2, 0) is 17.9 Å². The van der Waals surface area contributed by atoms with E-state index in [9.17, 15) is 22.8 Å². The number of piperazine rings is 1. The van der Waals surface area contributed by atoms with Crippen LogP contribution >= 0.6 is 0 Å². The summed E-state index contributed by atoms with van der Waals surface area (Å²) in [5.41, 5.74) is 1.23. The lowest BCUT2D eigenvalue weighted by Gasteiger charge is -2.38. The smallest absolute Gasteiger partial charge is 0.335 e. The van der Waals surface area contributed by atoms with Gasteiger partial charge in [0.05, 0.1) is 18.5 Å². The van der Waals surface area contributed by atoms with E-state index in [4.69, 9.17) is 0 Å². The van der Waals surface area contributed by atoms with Crippen molar-refractivity contribution in [3.63, 3.8) is 0 Å². The lowest BCUT2D eigenvalue weighted by atomic mass is 9.70. The third kappa shape index (κ3) is 4.78. The monoisotopic (exact) mass is 560 g/mol. The average Bonchev–Trinajstić information content (AvgIpc) is 3.29. The first-order chi connectivity index (χ1) is 19.7. The van der Waals surface area contributed by atoms with E-state index in [0.29, 0.717) is 36.6 Å². The fourth-order valence-electron chi connectivity index (χ4n) is 6.07. The van der Waals surface area contributed by atoms with Crippen LogP contribution in [0.2, 0.25) is 0 Å². The first-order valence-corrected chi connectivity index (χ1v) is 13.8. The molecule has 6 nitrogen and oxygen atoms in total. The van der Waals surface area contributed by atoms with Gasteiger partial charge >= 0.3 is 6.18 Å². The molecule has 1 unspecified atom stereocenters. The Morgan fingerprint density at radius 1 is 0.854 bits per heavy atom. The second-order valence-electron chi connectivity index (χ2n) is 11.0. The molecule has 9 heteroatoms. The number of alkyl halides is 3. The highest BCUT2D eigenvalue weighted by Gasteiger charge is 2.55. The second-order valence-corrected chi connectivity index (χ2v) is 11.0. The Labute approximate surface area is 236 Å². The van der Waals surface area contributed by atoms with Crippen LogP contribution in [0.25, 0.3) is 5.57 Å². The van der Waals surface area contributed by atoms with E-state index in [-0.39, 0.29) is 23.6 Å². The first kappa shape index (κ1) is 27.1. The third-order valence-electron chi connectivity index (χ3n) is 8.45. The highest BCUT2D eigenvalue weighted by molar-refractivity contribution is 6.07. The SMILES string of the molecule is CC1(C(F)(F)F)CC(C(=O)N2Cc3ccc(C(=O)N4CCNCC4)n3Cc3ccccc32)=CC=C1c1ccccc1. The predicted octanol–water partition coefficient (Wildman–Crippen LogP) is 5.41. The summed E-state index contributed by atoms with van der Waals surface area (Å²) >= 11 is 0. The maximum absolute atomic E-state index is 14.6. The Hall–Kier alpha value is -4.11. The minimum absolute atomic E-state index is 0.0653. The van der Waals surface area contributed by atoms with Gasteiger partial charge in [-0.25, -0.2) is 0 Å². The van der Waals surface area contributed by atoms with Crippen LogP contribution in [0.3, 0.4) is 0 Å². The Kier molecular flexibility index (Phi) is 6.85. The van der Waals surface area contributed by atoms with Gasteiger partial charge in [-0.15, -0.1) is 0 Å². The highest BCUT2D eigenvalue weighted by atomic mass is 19.4. The van der Waals surface area contributed by atoms with Crippen LogP contribution < -0.4 is 10.2 Å². The van der Waals surface area contributed by atoms with E-state index in [2.05, 4.69) is 5.32 Å². The highest BCUT2D eigenvalue weighted by Crippen LogP contribution is 2.54. The summed E-state index contributed by atoms with van der Waals surface area (Å²) in [7, 11) is 0. The Morgan fingerprint density at radius 2 is 1.56 bits per heavy atom. The zero-order chi connectivity index (χ0) is 28.8. The minimum Gasteiger partial charge on any atom is -0.335 e. The summed E-state index contributed by atoms with van der Waals surface area (Å²) in [6.07, 6.45) is -2.07. The number of benzene rings is 2. The van der Waals surface area contributed by atoms with Crippen LogP contribution in [0.1, 0.15) is 40.7 Å². The minimum atomic E-state index is -4.57. The van der Waals surface area contributed by atoms with Crippen LogP contribution in [0, 0.1) is 5.41 Å². The fourth-order valence-corrected chi connectivity index (χ4v) is 6.07. The summed E-state index contributed by atoms with van der Waals surface area (Å²) < 4.78 is 45.8. The molecule has 2 aliphatic heterocycles. The van der Waals surface area contributed by atoms with E-state index < -0.39 is 23.9 Å². The quantitative estimate of drug-likeness (QED) is 0.466. The van der Waals surface area contributed by atoms with E-state index in [0.717, 1.165) is 24.3 Å². The topological polar surface area (TPSA) is 57.6 Å². The molecule has 3 heterocycles. The molecule has 1 N–H and O–H groups in total. The van der Waals surface area contributed by atoms with Crippen LogP contribution in [0.15, 0.2) is 84.5 Å². The largest absolute Gasteiger partial charge is 0.398 e. The molecule has 2 aromatic carbocycles. The van der Waals surface area contributed by atoms with Gasteiger partial charge in [0.2, 0.25) is 0 Å². The van der Waals surface area contributed by atoms with E-state index in [1.807, 2.05) is 39.8 Å². The molecule has 1 atom stereocenters. The van der Waals surface area contributed by atoms with E-state index >= 15 is 0 Å². The van der Waals surface area contributed by atoms with Gasteiger partial charge in [-0.2, -0.15) is 13.2 Å². The number of hydrogen-bond donors (Lipinski definition) is 1. The molecule has 0 bridgehead atoms. The summed E-state index contributed by atoms with van der Waals surface area (Å²) in [4.78, 5) is 30.9. The van der Waals surface area contributed by atoms with Gasteiger partial charge in [0.25, 0.3) is 11.8 Å². The molecular formula is C32H31F3N4O2. The van der Waals surface area contributed by atoms with Gasteiger partial charge < -0.3 is 19.7 Å². The summed E-state index contributed by atoms with van der Waals surface area (Å²) in [5, 5.41) is 3.25. The normalized spacial score (nSPS) is 20.9. The van der Waals surface area contributed by atoms with Crippen molar-refractivity contribution in [2.75, 3.05) is 31.1 Å². The van der Waals surface area contributed by atoms with Crippen molar-refractivity contribution >= 4 is 23.1 Å². The molecule has 1 aliphatic carbocycles. The number of anilines is 1. The molecule has 41 heavy (non-hydrogen) atoms. The lowest BCUT2D eigenvalue weighted by molar-refractivity contribution is -0.195. The van der Waals surface area contributed by atoms with Gasteiger partial charge in [0.15, 0.2) is 0 Å². The first-order valence-electron chi connectivity index (χ1n) is 13.8. The lowest BCUT2D eigenvalue weighted by Crippen LogP contribution is -2.46. The van der Waals surface area contributed by atoms with E-state index in [1.54, 1.807) is 41.3 Å². The Morgan fingerprint density at radius 3 is 2.29 bits per heavy atom. The number of carbonyl (C=O) groups excluding carboxylic acids is 2. The zero-order valence-electron chi connectivity index (χ0n) is 22.7. The Bertz CT molecular complexity index is 1550. The van der Waals surface area contributed by atoms with Crippen LogP contribution in [-0.4, -0.2) is 53.6 Å². The molecule has 1 aromatic heterocycles. The number of amides is 2. The number of para-hydroxylation sites is 1. The third-order valence-corrected chi connectivity index (χ3v) is 8.45. The second kappa shape index (κ2) is 10.4. The van der Waals surface area contributed by atoms with Crippen LogP contribution in [0.5, 0.6) is 0 Å². The van der Waals surface area contributed by atoms with Crippen molar-refractivity contribution < 1.29 is 22.8 Å². The summed E-state index contributed by atoms with van der Waals surface area (Å²) in [6.45, 7) is 4.39. The molecule has 1 fully saturated rings. The number of hydrogen-bond acceptors (Lipinski definition) is 3. The maximum atomic E-state index is 14.6. The number of allylic oxidation sites excluding steroid dienone is 3. The molecule has 0 saturated carbocycles. The zero-order valence-corrected chi connectivity index (χ0v) is 22.7. The summed E-state index contributed by atoms with van der Waals surface area (Å²) in [5.74, 6) is -0.537. The number of carbonyl (C=O) groups is 2. The van der Waals surface area contributed by atoms with Crippen molar-refractivity contribution in [3.05, 3.63) is 107 Å². The molecule has 0 spiro atoms. The van der Waals surface area contributed by atoms with Crippen molar-refractivity contribution in [2.45, 2.75) is 32.6 Å². The molecule has 2 amide bonds. The standard InChI is InChI=1S/C32H31F3N4O2/c1-31(32(33,34)35)19-23(11-13-26(31)22-7-3-2-4-8-22)29(40)39-21-25-12-14-28(30(41)37-17-15-36-16-18-37)38(25)20-24-9-5-6-10-27(24)39/h2-14,36H,15-21H2,1H3. The number of fused-ring (bicyclic) bond motifs is 2. The molecular weight excluding hydrogens is 529 g/mol. The average molecular weight is 561 g/mol. The van der Waals surface area contributed by atoms with Gasteiger partial charge in [-0.1, -0.05) is 60.7 Å².